The van der Waals surface area contributed by atoms with Gasteiger partial charge in [-0.2, -0.15) is 0 Å². The molecular weight excluding hydrogens is 408 g/mol. The van der Waals surface area contributed by atoms with Crippen LogP contribution in [0, 0.1) is 6.92 Å². The van der Waals surface area contributed by atoms with Crippen LogP contribution in [0.1, 0.15) is 39.7 Å². The summed E-state index contributed by atoms with van der Waals surface area (Å²) in [5, 5.41) is 2.53. The molecule has 1 atom stereocenters. The number of aromatic nitrogens is 3. The number of benzene rings is 2. The number of hydrogen-bond acceptors (Lipinski definition) is 2. The Morgan fingerprint density at radius 3 is 2.67 bits per heavy atom. The number of para-hydroxylation sites is 2. The largest absolute Gasteiger partial charge is 0.361 e. The van der Waals surface area contributed by atoms with E-state index in [1.165, 1.54) is 33.1 Å². The Bertz CT molecular complexity index is 1600. The molecule has 2 N–H and O–H groups in total. The summed E-state index contributed by atoms with van der Waals surface area (Å²) in [6.07, 6.45) is 3.95. The van der Waals surface area contributed by atoms with Crippen molar-refractivity contribution in [2.45, 2.75) is 38.9 Å². The van der Waals surface area contributed by atoms with E-state index in [1.54, 1.807) is 0 Å². The minimum absolute atomic E-state index is 0.163. The second kappa shape index (κ2) is 6.96. The number of aromatic amines is 2. The molecule has 0 aliphatic carbocycles. The average molecular weight is 435 g/mol. The minimum atomic E-state index is 0.163. The molecule has 2 aliphatic heterocycles. The molecule has 2 aliphatic rings. The lowest BCUT2D eigenvalue weighted by Crippen LogP contribution is -2.43. The van der Waals surface area contributed by atoms with Gasteiger partial charge >= 0.3 is 0 Å². The van der Waals surface area contributed by atoms with Gasteiger partial charge in [-0.05, 0) is 54.7 Å². The van der Waals surface area contributed by atoms with E-state index < -0.39 is 0 Å². The fraction of sp³-hybridized carbons (Fsp3) is 0.250. The molecule has 0 fully saturated rings. The van der Waals surface area contributed by atoms with Crippen molar-refractivity contribution in [3.8, 4) is 0 Å². The summed E-state index contributed by atoms with van der Waals surface area (Å²) in [6.45, 7) is 4.38. The van der Waals surface area contributed by atoms with Gasteiger partial charge in [-0.3, -0.25) is 9.69 Å². The molecule has 0 bridgehead atoms. The molecular formula is C28H26N4O. The third kappa shape index (κ3) is 2.79. The van der Waals surface area contributed by atoms with Gasteiger partial charge in [0.1, 0.15) is 0 Å². The first-order chi connectivity index (χ1) is 16.2. The van der Waals surface area contributed by atoms with Crippen LogP contribution in [0.5, 0.6) is 0 Å². The van der Waals surface area contributed by atoms with Crippen molar-refractivity contribution >= 4 is 21.8 Å². The second-order valence-electron chi connectivity index (χ2n) is 9.54. The van der Waals surface area contributed by atoms with Crippen LogP contribution in [0.15, 0.2) is 65.6 Å². The van der Waals surface area contributed by atoms with Crippen molar-refractivity contribution in [3.63, 3.8) is 0 Å². The number of aryl methyl sites for hydroxylation is 1. The van der Waals surface area contributed by atoms with Gasteiger partial charge < -0.3 is 14.5 Å². The molecule has 0 amide bonds. The van der Waals surface area contributed by atoms with Gasteiger partial charge in [0.05, 0.1) is 12.6 Å². The first-order valence-electron chi connectivity index (χ1n) is 11.8. The van der Waals surface area contributed by atoms with E-state index >= 15 is 0 Å². The number of hydrogen-bond donors (Lipinski definition) is 2. The summed E-state index contributed by atoms with van der Waals surface area (Å²) in [5.74, 6) is 0. The third-order valence-electron chi connectivity index (χ3n) is 7.75. The zero-order valence-corrected chi connectivity index (χ0v) is 18.7. The Morgan fingerprint density at radius 2 is 1.79 bits per heavy atom. The summed E-state index contributed by atoms with van der Waals surface area (Å²) >= 11 is 0. The van der Waals surface area contributed by atoms with E-state index in [0.717, 1.165) is 48.3 Å². The summed E-state index contributed by atoms with van der Waals surface area (Å²) in [7, 11) is 0. The van der Waals surface area contributed by atoms with Crippen molar-refractivity contribution in [1.82, 2.24) is 19.4 Å². The molecule has 0 radical (unpaired) electrons. The fourth-order valence-electron chi connectivity index (χ4n) is 6.06. The summed E-state index contributed by atoms with van der Waals surface area (Å²) in [4.78, 5) is 23.2. The molecule has 5 aromatic rings. The number of rotatable bonds is 2. The van der Waals surface area contributed by atoms with E-state index in [1.807, 2.05) is 16.8 Å². The van der Waals surface area contributed by atoms with Crippen LogP contribution < -0.4 is 5.56 Å². The molecule has 1 unspecified atom stereocenters. The molecule has 33 heavy (non-hydrogen) atoms. The summed E-state index contributed by atoms with van der Waals surface area (Å²) in [5.41, 5.74) is 9.67. The van der Waals surface area contributed by atoms with E-state index in [4.69, 9.17) is 0 Å². The van der Waals surface area contributed by atoms with Crippen LogP contribution in [0.4, 0.5) is 0 Å². The zero-order valence-electron chi connectivity index (χ0n) is 18.7. The highest BCUT2D eigenvalue weighted by atomic mass is 16.1. The molecule has 0 saturated carbocycles. The van der Waals surface area contributed by atoms with Crippen LogP contribution >= 0.6 is 0 Å². The maximum atomic E-state index is 13.7. The van der Waals surface area contributed by atoms with Gasteiger partial charge in [0.25, 0.3) is 5.56 Å². The Labute approximate surface area is 191 Å². The lowest BCUT2D eigenvalue weighted by molar-refractivity contribution is 0.157. The fourth-order valence-corrected chi connectivity index (χ4v) is 6.06. The van der Waals surface area contributed by atoms with Crippen molar-refractivity contribution < 1.29 is 0 Å². The second-order valence-corrected chi connectivity index (χ2v) is 9.54. The quantitative estimate of drug-likeness (QED) is 0.418. The van der Waals surface area contributed by atoms with Crippen LogP contribution in [-0.4, -0.2) is 26.0 Å². The molecule has 0 saturated heterocycles. The molecule has 5 nitrogen and oxygen atoms in total. The van der Waals surface area contributed by atoms with Crippen LogP contribution in [0.25, 0.3) is 21.8 Å². The number of nitrogens with zero attached hydrogens (tertiary/aromatic N) is 2. The van der Waals surface area contributed by atoms with Gasteiger partial charge in [-0.15, -0.1) is 0 Å². The molecule has 2 aromatic carbocycles. The van der Waals surface area contributed by atoms with Gasteiger partial charge in [0.2, 0.25) is 0 Å². The van der Waals surface area contributed by atoms with Crippen molar-refractivity contribution in [1.29, 1.82) is 0 Å². The molecule has 3 aromatic heterocycles. The topological polar surface area (TPSA) is 56.8 Å². The lowest BCUT2D eigenvalue weighted by atomic mass is 9.87. The van der Waals surface area contributed by atoms with Crippen LogP contribution in [0.3, 0.4) is 0 Å². The number of nitrogens with one attached hydrogen (secondary N) is 2. The monoisotopic (exact) mass is 434 g/mol. The predicted octanol–water partition coefficient (Wildman–Crippen LogP) is 4.82. The SMILES string of the molecule is Cc1cc2c(c(=O)n1Cc1c[nH]c3ccccc13)CN1CCc3c([nH]c4ccccc34)C1C2. The highest BCUT2D eigenvalue weighted by Crippen LogP contribution is 2.39. The van der Waals surface area contributed by atoms with E-state index in [2.05, 4.69) is 70.3 Å². The molecule has 0 spiro atoms. The van der Waals surface area contributed by atoms with Crippen molar-refractivity contribution in [2.75, 3.05) is 6.54 Å². The predicted molar refractivity (Wildman–Crippen MR) is 132 cm³/mol. The Morgan fingerprint density at radius 1 is 1.00 bits per heavy atom. The average Bonchev–Trinajstić information content (AvgIpc) is 3.42. The van der Waals surface area contributed by atoms with Gasteiger partial charge in [0.15, 0.2) is 0 Å². The lowest BCUT2D eigenvalue weighted by Gasteiger charge is -2.40. The van der Waals surface area contributed by atoms with Crippen molar-refractivity contribution in [3.05, 3.63) is 105 Å². The Hall–Kier alpha value is -3.57. The van der Waals surface area contributed by atoms with E-state index in [-0.39, 0.29) is 5.56 Å². The summed E-state index contributed by atoms with van der Waals surface area (Å²) in [6, 6.07) is 19.5. The zero-order chi connectivity index (χ0) is 22.1. The first-order valence-corrected chi connectivity index (χ1v) is 11.8. The van der Waals surface area contributed by atoms with Gasteiger partial charge in [0, 0.05) is 58.0 Å². The highest BCUT2D eigenvalue weighted by Gasteiger charge is 2.35. The van der Waals surface area contributed by atoms with Crippen LogP contribution in [-0.2, 0) is 25.9 Å². The first kappa shape index (κ1) is 18.9. The number of fused-ring (bicyclic) bond motifs is 7. The summed E-state index contributed by atoms with van der Waals surface area (Å²) < 4.78 is 1.95. The number of H-pyrrole nitrogens is 2. The molecule has 7 rings (SSSR count). The van der Waals surface area contributed by atoms with Crippen LogP contribution in [0.2, 0.25) is 0 Å². The minimum Gasteiger partial charge on any atom is -0.361 e. The number of pyridine rings is 1. The normalized spacial score (nSPS) is 17.8. The van der Waals surface area contributed by atoms with E-state index in [9.17, 15) is 4.79 Å². The molecule has 5 heteroatoms. The maximum Gasteiger partial charge on any atom is 0.255 e. The maximum absolute atomic E-state index is 13.7. The van der Waals surface area contributed by atoms with Gasteiger partial charge in [-0.25, -0.2) is 0 Å². The molecule has 5 heterocycles. The van der Waals surface area contributed by atoms with Gasteiger partial charge in [-0.1, -0.05) is 36.4 Å². The van der Waals surface area contributed by atoms with Crippen molar-refractivity contribution in [2.24, 2.45) is 0 Å². The Kier molecular flexibility index (Phi) is 4.00. The smallest absolute Gasteiger partial charge is 0.255 e. The molecule has 164 valence electrons. The van der Waals surface area contributed by atoms with E-state index in [0.29, 0.717) is 12.6 Å². The Balaban J connectivity index is 1.29. The standard InChI is InChI=1S/C28H26N4O/c1-17-12-18-13-26-27-22(21-7-3-5-9-25(21)30-27)10-11-31(26)16-23(18)28(33)32(17)15-19-14-29-24-8-4-2-6-20(19)24/h2-9,12,14,26,29-30H,10-11,13,15-16H2,1H3. The highest BCUT2D eigenvalue weighted by molar-refractivity contribution is 5.85. The third-order valence-corrected chi connectivity index (χ3v) is 7.75.